The van der Waals surface area contributed by atoms with Gasteiger partial charge in [-0.3, -0.25) is 10.1 Å². The maximum absolute atomic E-state index is 12.2. The SMILES string of the molecule is NCC#Cc1cccc(C(=O)Nc2nc3c(s2)CCC3)c1. The fourth-order valence-electron chi connectivity index (χ4n) is 2.30. The number of aryl methyl sites for hydroxylation is 2. The number of aromatic nitrogens is 1. The molecule has 4 nitrogen and oxygen atoms in total. The van der Waals surface area contributed by atoms with Crippen LogP contribution in [0.25, 0.3) is 0 Å². The summed E-state index contributed by atoms with van der Waals surface area (Å²) >= 11 is 1.58. The van der Waals surface area contributed by atoms with Crippen molar-refractivity contribution in [3.8, 4) is 11.8 Å². The lowest BCUT2D eigenvalue weighted by molar-refractivity contribution is 0.102. The first-order valence-electron chi connectivity index (χ1n) is 6.85. The van der Waals surface area contributed by atoms with Gasteiger partial charge >= 0.3 is 0 Å². The maximum atomic E-state index is 12.2. The summed E-state index contributed by atoms with van der Waals surface area (Å²) in [7, 11) is 0. The highest BCUT2D eigenvalue weighted by Gasteiger charge is 2.18. The number of anilines is 1. The standard InChI is InChI=1S/C16H15N3OS/c17-9-3-5-11-4-1-6-12(10-11)15(20)19-16-18-13-7-2-8-14(13)21-16/h1,4,6,10H,2,7-9,17H2,(H,18,19,20). The quantitative estimate of drug-likeness (QED) is 0.835. The molecule has 0 atom stereocenters. The van der Waals surface area contributed by atoms with E-state index in [9.17, 15) is 4.79 Å². The van der Waals surface area contributed by atoms with Gasteiger partial charge in [0.2, 0.25) is 0 Å². The maximum Gasteiger partial charge on any atom is 0.257 e. The van der Waals surface area contributed by atoms with E-state index in [0.29, 0.717) is 17.2 Å². The summed E-state index contributed by atoms with van der Waals surface area (Å²) in [6.45, 7) is 0.307. The molecule has 1 heterocycles. The van der Waals surface area contributed by atoms with Crippen molar-refractivity contribution in [1.29, 1.82) is 0 Å². The molecule has 1 aliphatic rings. The molecule has 0 fully saturated rings. The number of rotatable bonds is 2. The van der Waals surface area contributed by atoms with Crippen LogP contribution in [0.3, 0.4) is 0 Å². The summed E-state index contributed by atoms with van der Waals surface area (Å²) in [6, 6.07) is 7.21. The second kappa shape index (κ2) is 6.08. The molecule has 3 rings (SSSR count). The van der Waals surface area contributed by atoms with Gasteiger partial charge in [0.1, 0.15) is 0 Å². The van der Waals surface area contributed by atoms with Crippen LogP contribution in [0.5, 0.6) is 0 Å². The number of carbonyl (C=O) groups excluding carboxylic acids is 1. The van der Waals surface area contributed by atoms with Gasteiger partial charge in [0.05, 0.1) is 12.2 Å². The summed E-state index contributed by atoms with van der Waals surface area (Å²) < 4.78 is 0. The minimum Gasteiger partial charge on any atom is -0.320 e. The average molecular weight is 297 g/mol. The summed E-state index contributed by atoms with van der Waals surface area (Å²) in [6.07, 6.45) is 3.27. The predicted molar refractivity (Wildman–Crippen MR) is 84.5 cm³/mol. The van der Waals surface area contributed by atoms with Crippen LogP contribution in [0.15, 0.2) is 24.3 Å². The largest absolute Gasteiger partial charge is 0.320 e. The van der Waals surface area contributed by atoms with Crippen LogP contribution in [-0.4, -0.2) is 17.4 Å². The molecule has 21 heavy (non-hydrogen) atoms. The number of nitrogens with one attached hydrogen (secondary N) is 1. The van der Waals surface area contributed by atoms with Gasteiger partial charge in [-0.1, -0.05) is 17.9 Å². The van der Waals surface area contributed by atoms with Crippen molar-refractivity contribution >= 4 is 22.4 Å². The fraction of sp³-hybridized carbons (Fsp3) is 0.250. The first kappa shape index (κ1) is 13.8. The number of hydrogen-bond acceptors (Lipinski definition) is 4. The summed E-state index contributed by atoms with van der Waals surface area (Å²) in [5, 5.41) is 3.55. The topological polar surface area (TPSA) is 68.0 Å². The zero-order chi connectivity index (χ0) is 14.7. The summed E-state index contributed by atoms with van der Waals surface area (Å²) in [4.78, 5) is 18.0. The van der Waals surface area contributed by atoms with Crippen molar-refractivity contribution in [2.45, 2.75) is 19.3 Å². The third kappa shape index (κ3) is 3.13. The Kier molecular flexibility index (Phi) is 4.00. The lowest BCUT2D eigenvalue weighted by atomic mass is 10.1. The number of nitrogens with two attached hydrogens (primary N) is 1. The molecule has 0 spiro atoms. The zero-order valence-corrected chi connectivity index (χ0v) is 12.3. The first-order chi connectivity index (χ1) is 10.3. The number of thiazole rings is 1. The molecule has 2 aromatic rings. The number of hydrogen-bond donors (Lipinski definition) is 2. The Morgan fingerprint density at radius 1 is 1.43 bits per heavy atom. The Morgan fingerprint density at radius 2 is 2.33 bits per heavy atom. The molecule has 5 heteroatoms. The molecule has 106 valence electrons. The number of fused-ring (bicyclic) bond motifs is 1. The summed E-state index contributed by atoms with van der Waals surface area (Å²) in [5.41, 5.74) is 7.85. The monoisotopic (exact) mass is 297 g/mol. The third-order valence-electron chi connectivity index (χ3n) is 3.28. The van der Waals surface area contributed by atoms with Crippen molar-refractivity contribution in [3.63, 3.8) is 0 Å². The molecule has 0 radical (unpaired) electrons. The third-order valence-corrected chi connectivity index (χ3v) is 4.35. The minimum atomic E-state index is -0.154. The summed E-state index contributed by atoms with van der Waals surface area (Å²) in [5.74, 6) is 5.56. The highest BCUT2D eigenvalue weighted by Crippen LogP contribution is 2.30. The van der Waals surface area contributed by atoms with Crippen molar-refractivity contribution in [1.82, 2.24) is 4.98 Å². The van der Waals surface area contributed by atoms with E-state index >= 15 is 0 Å². The molecule has 0 saturated heterocycles. The predicted octanol–water partition coefficient (Wildman–Crippen LogP) is 2.19. The molecule has 0 bridgehead atoms. The second-order valence-corrected chi connectivity index (χ2v) is 5.87. The van der Waals surface area contributed by atoms with Gasteiger partial charge < -0.3 is 5.73 Å². The van der Waals surface area contributed by atoms with E-state index in [1.807, 2.05) is 12.1 Å². The Balaban J connectivity index is 1.75. The van der Waals surface area contributed by atoms with Gasteiger partial charge in [0.15, 0.2) is 5.13 Å². The van der Waals surface area contributed by atoms with Crippen molar-refractivity contribution in [2.75, 3.05) is 11.9 Å². The highest BCUT2D eigenvalue weighted by molar-refractivity contribution is 7.15. The fourth-order valence-corrected chi connectivity index (χ4v) is 3.35. The van der Waals surface area contributed by atoms with E-state index < -0.39 is 0 Å². The van der Waals surface area contributed by atoms with Gasteiger partial charge in [0.25, 0.3) is 5.91 Å². The zero-order valence-electron chi connectivity index (χ0n) is 11.5. The van der Waals surface area contributed by atoms with E-state index in [0.717, 1.165) is 24.1 Å². The van der Waals surface area contributed by atoms with Gasteiger partial charge in [-0.15, -0.1) is 11.3 Å². The highest BCUT2D eigenvalue weighted by atomic mass is 32.1. The molecule has 3 N–H and O–H groups in total. The Morgan fingerprint density at radius 3 is 3.14 bits per heavy atom. The molecule has 1 aromatic heterocycles. The van der Waals surface area contributed by atoms with E-state index in [1.54, 1.807) is 23.5 Å². The van der Waals surface area contributed by atoms with Crippen molar-refractivity contribution < 1.29 is 4.79 Å². The van der Waals surface area contributed by atoms with Crippen LogP contribution >= 0.6 is 11.3 Å². The van der Waals surface area contributed by atoms with E-state index in [1.165, 1.54) is 11.3 Å². The molecule has 0 saturated carbocycles. The van der Waals surface area contributed by atoms with Crippen LogP contribution in [0.1, 0.15) is 32.9 Å². The Labute approximate surface area is 127 Å². The number of amides is 1. The van der Waals surface area contributed by atoms with Crippen molar-refractivity contribution in [3.05, 3.63) is 46.0 Å². The number of benzene rings is 1. The van der Waals surface area contributed by atoms with Crippen LogP contribution in [0, 0.1) is 11.8 Å². The Hall–Kier alpha value is -2.16. The first-order valence-corrected chi connectivity index (χ1v) is 7.67. The molecular formula is C16H15N3OS. The molecule has 0 aliphatic heterocycles. The van der Waals surface area contributed by atoms with Gasteiger partial charge in [-0.05, 0) is 37.5 Å². The smallest absolute Gasteiger partial charge is 0.257 e. The number of nitrogens with zero attached hydrogens (tertiary/aromatic N) is 1. The molecule has 1 aliphatic carbocycles. The Bertz CT molecular complexity index is 718. The molecule has 1 amide bonds. The van der Waals surface area contributed by atoms with Gasteiger partial charge in [0, 0.05) is 16.0 Å². The minimum absolute atomic E-state index is 0.154. The molecular weight excluding hydrogens is 282 g/mol. The van der Waals surface area contributed by atoms with Crippen LogP contribution < -0.4 is 11.1 Å². The lowest BCUT2D eigenvalue weighted by Crippen LogP contribution is -2.11. The van der Waals surface area contributed by atoms with Gasteiger partial charge in [-0.25, -0.2) is 4.98 Å². The van der Waals surface area contributed by atoms with Gasteiger partial charge in [-0.2, -0.15) is 0 Å². The average Bonchev–Trinajstić information content (AvgIpc) is 3.06. The van der Waals surface area contributed by atoms with E-state index in [-0.39, 0.29) is 5.91 Å². The molecule has 0 unspecified atom stereocenters. The van der Waals surface area contributed by atoms with Crippen molar-refractivity contribution in [2.24, 2.45) is 5.73 Å². The van der Waals surface area contributed by atoms with E-state index in [4.69, 9.17) is 5.73 Å². The van der Waals surface area contributed by atoms with E-state index in [2.05, 4.69) is 22.1 Å². The normalized spacial score (nSPS) is 12.4. The van der Waals surface area contributed by atoms with Crippen LogP contribution in [0.2, 0.25) is 0 Å². The second-order valence-electron chi connectivity index (χ2n) is 4.78. The lowest BCUT2D eigenvalue weighted by Gasteiger charge is -2.02. The van der Waals surface area contributed by atoms with Crippen LogP contribution in [0.4, 0.5) is 5.13 Å². The molecule has 1 aromatic carbocycles. The van der Waals surface area contributed by atoms with Crippen LogP contribution in [-0.2, 0) is 12.8 Å². The number of carbonyl (C=O) groups is 1.